The Morgan fingerprint density at radius 2 is 2.13 bits per heavy atom. The predicted molar refractivity (Wildman–Crippen MR) is 60.8 cm³/mol. The minimum atomic E-state index is -0.430. The summed E-state index contributed by atoms with van der Waals surface area (Å²) in [6.07, 6.45) is 4.00. The fourth-order valence-corrected chi connectivity index (χ4v) is 1.70. The normalized spacial score (nSPS) is 22.3. The Hall–Kier alpha value is -0.990. The minimum Gasteiger partial charge on any atom is -0.444 e. The monoisotopic (exact) mass is 211 g/mol. The Morgan fingerprint density at radius 3 is 2.67 bits per heavy atom. The average molecular weight is 211 g/mol. The Balaban J connectivity index is 2.40. The van der Waals surface area contributed by atoms with Gasteiger partial charge in [-0.25, -0.2) is 4.79 Å². The second-order valence-corrected chi connectivity index (χ2v) is 5.10. The highest BCUT2D eigenvalue weighted by atomic mass is 16.6. The van der Waals surface area contributed by atoms with E-state index in [0.717, 1.165) is 24.8 Å². The first-order chi connectivity index (χ1) is 6.88. The summed E-state index contributed by atoms with van der Waals surface area (Å²) in [6, 6.07) is 0.105. The lowest BCUT2D eigenvalue weighted by Crippen LogP contribution is -2.40. The van der Waals surface area contributed by atoms with Gasteiger partial charge in [0, 0.05) is 0 Å². The van der Waals surface area contributed by atoms with Crippen LogP contribution in [-0.4, -0.2) is 17.7 Å². The van der Waals surface area contributed by atoms with Crippen LogP contribution < -0.4 is 5.32 Å². The quantitative estimate of drug-likeness (QED) is 0.677. The summed E-state index contributed by atoms with van der Waals surface area (Å²) in [5, 5.41) is 2.86. The summed E-state index contributed by atoms with van der Waals surface area (Å²) in [4.78, 5) is 11.5. The van der Waals surface area contributed by atoms with Crippen molar-refractivity contribution in [3.63, 3.8) is 0 Å². The molecule has 3 heteroatoms. The minimum absolute atomic E-state index is 0.105. The number of nitrogens with one attached hydrogen (secondary N) is 1. The van der Waals surface area contributed by atoms with Crippen LogP contribution in [0.5, 0.6) is 0 Å². The third-order valence-electron chi connectivity index (χ3n) is 2.42. The van der Waals surface area contributed by atoms with Gasteiger partial charge < -0.3 is 10.1 Å². The fourth-order valence-electron chi connectivity index (χ4n) is 1.70. The Labute approximate surface area is 91.9 Å². The molecule has 1 unspecified atom stereocenters. The van der Waals surface area contributed by atoms with E-state index in [1.165, 1.54) is 6.42 Å². The van der Waals surface area contributed by atoms with Crippen LogP contribution in [0.4, 0.5) is 4.79 Å². The zero-order valence-corrected chi connectivity index (χ0v) is 9.93. The van der Waals surface area contributed by atoms with Crippen molar-refractivity contribution >= 4 is 6.09 Å². The van der Waals surface area contributed by atoms with Crippen LogP contribution in [0.25, 0.3) is 0 Å². The van der Waals surface area contributed by atoms with Crippen LogP contribution in [0.15, 0.2) is 12.2 Å². The van der Waals surface area contributed by atoms with Crippen molar-refractivity contribution in [2.24, 2.45) is 0 Å². The molecule has 1 rings (SSSR count). The molecule has 0 aromatic carbocycles. The number of hydrogen-bond donors (Lipinski definition) is 1. The molecule has 1 atom stereocenters. The lowest BCUT2D eigenvalue weighted by Gasteiger charge is -2.27. The zero-order valence-electron chi connectivity index (χ0n) is 9.93. The first-order valence-electron chi connectivity index (χ1n) is 5.56. The highest BCUT2D eigenvalue weighted by Crippen LogP contribution is 2.22. The summed E-state index contributed by atoms with van der Waals surface area (Å²) >= 11 is 0. The van der Waals surface area contributed by atoms with Gasteiger partial charge in [0.15, 0.2) is 0 Å². The molecule has 0 saturated heterocycles. The Bertz CT molecular complexity index is 253. The van der Waals surface area contributed by atoms with E-state index in [2.05, 4.69) is 11.9 Å². The Kier molecular flexibility index (Phi) is 3.77. The van der Waals surface area contributed by atoms with Gasteiger partial charge in [-0.15, -0.1) is 0 Å². The molecule has 1 aliphatic carbocycles. The predicted octanol–water partition coefficient (Wildman–Crippen LogP) is 3.01. The molecule has 0 radical (unpaired) electrons. The number of ether oxygens (including phenoxy) is 1. The van der Waals surface area contributed by atoms with Gasteiger partial charge in [-0.05, 0) is 40.0 Å². The van der Waals surface area contributed by atoms with Crippen molar-refractivity contribution in [1.29, 1.82) is 0 Å². The second-order valence-electron chi connectivity index (χ2n) is 5.10. The van der Waals surface area contributed by atoms with Gasteiger partial charge in [0.2, 0.25) is 0 Å². The molecule has 0 heterocycles. The van der Waals surface area contributed by atoms with Crippen LogP contribution in [0, 0.1) is 0 Å². The number of amides is 1. The maximum absolute atomic E-state index is 11.5. The summed E-state index contributed by atoms with van der Waals surface area (Å²) < 4.78 is 5.20. The van der Waals surface area contributed by atoms with Gasteiger partial charge in [-0.1, -0.05) is 18.6 Å². The first-order valence-corrected chi connectivity index (χ1v) is 5.56. The van der Waals surface area contributed by atoms with Gasteiger partial charge in [0.25, 0.3) is 0 Å². The maximum atomic E-state index is 11.5. The van der Waals surface area contributed by atoms with Gasteiger partial charge in [0.1, 0.15) is 5.60 Å². The summed E-state index contributed by atoms with van der Waals surface area (Å²) in [5.41, 5.74) is 0.687. The third-order valence-corrected chi connectivity index (χ3v) is 2.42. The summed E-state index contributed by atoms with van der Waals surface area (Å²) in [6.45, 7) is 9.56. The topological polar surface area (TPSA) is 38.3 Å². The number of carbonyl (C=O) groups excluding carboxylic acids is 1. The summed E-state index contributed by atoms with van der Waals surface area (Å²) in [5.74, 6) is 0. The largest absolute Gasteiger partial charge is 0.444 e. The molecule has 1 amide bonds. The molecule has 1 saturated carbocycles. The molecular formula is C12H21NO2. The molecule has 1 aliphatic rings. The molecular weight excluding hydrogens is 190 g/mol. The molecule has 0 spiro atoms. The highest BCUT2D eigenvalue weighted by Gasteiger charge is 2.22. The van der Waals surface area contributed by atoms with E-state index < -0.39 is 5.60 Å². The van der Waals surface area contributed by atoms with Crippen molar-refractivity contribution in [3.8, 4) is 0 Å². The van der Waals surface area contributed by atoms with E-state index in [-0.39, 0.29) is 12.1 Å². The van der Waals surface area contributed by atoms with Gasteiger partial charge in [-0.2, -0.15) is 0 Å². The van der Waals surface area contributed by atoms with Crippen LogP contribution in [0.1, 0.15) is 46.5 Å². The first kappa shape index (κ1) is 12.1. The van der Waals surface area contributed by atoms with Crippen LogP contribution >= 0.6 is 0 Å². The number of carbonyl (C=O) groups is 1. The molecule has 3 nitrogen and oxygen atoms in total. The van der Waals surface area contributed by atoms with Gasteiger partial charge >= 0.3 is 6.09 Å². The molecule has 1 N–H and O–H groups in total. The number of alkyl carbamates (subject to hydrolysis) is 1. The fraction of sp³-hybridized carbons (Fsp3) is 0.750. The van der Waals surface area contributed by atoms with Crippen LogP contribution in [-0.2, 0) is 4.74 Å². The molecule has 86 valence electrons. The molecule has 0 aliphatic heterocycles. The van der Waals surface area contributed by atoms with E-state index >= 15 is 0 Å². The van der Waals surface area contributed by atoms with E-state index in [1.807, 2.05) is 20.8 Å². The van der Waals surface area contributed by atoms with Crippen molar-refractivity contribution in [3.05, 3.63) is 12.2 Å². The molecule has 15 heavy (non-hydrogen) atoms. The van der Waals surface area contributed by atoms with Gasteiger partial charge in [0.05, 0.1) is 6.04 Å². The molecule has 0 aromatic rings. The Morgan fingerprint density at radius 1 is 1.47 bits per heavy atom. The van der Waals surface area contributed by atoms with Crippen molar-refractivity contribution in [2.75, 3.05) is 0 Å². The van der Waals surface area contributed by atoms with Crippen LogP contribution in [0.2, 0.25) is 0 Å². The molecule has 1 fully saturated rings. The molecule has 0 bridgehead atoms. The standard InChI is InChI=1S/C12H21NO2/c1-9-7-5-6-8-10(9)13-11(14)15-12(2,3)4/h10H,1,5-8H2,2-4H3,(H,13,14). The molecule has 0 aromatic heterocycles. The van der Waals surface area contributed by atoms with Crippen LogP contribution in [0.3, 0.4) is 0 Å². The van der Waals surface area contributed by atoms with Crippen molar-refractivity contribution in [2.45, 2.75) is 58.1 Å². The van der Waals surface area contributed by atoms with E-state index in [9.17, 15) is 4.79 Å². The SMILES string of the molecule is C=C1CCCCC1NC(=O)OC(C)(C)C. The lowest BCUT2D eigenvalue weighted by atomic mass is 9.91. The smallest absolute Gasteiger partial charge is 0.408 e. The third kappa shape index (κ3) is 4.36. The second kappa shape index (κ2) is 4.69. The highest BCUT2D eigenvalue weighted by molar-refractivity contribution is 5.68. The van der Waals surface area contributed by atoms with Gasteiger partial charge in [-0.3, -0.25) is 0 Å². The summed E-state index contributed by atoms with van der Waals surface area (Å²) in [7, 11) is 0. The van der Waals surface area contributed by atoms with Crippen molar-refractivity contribution < 1.29 is 9.53 Å². The zero-order chi connectivity index (χ0) is 11.5. The number of rotatable bonds is 1. The number of hydrogen-bond acceptors (Lipinski definition) is 2. The van der Waals surface area contributed by atoms with E-state index in [4.69, 9.17) is 4.74 Å². The van der Waals surface area contributed by atoms with E-state index in [1.54, 1.807) is 0 Å². The van der Waals surface area contributed by atoms with E-state index in [0.29, 0.717) is 0 Å². The lowest BCUT2D eigenvalue weighted by molar-refractivity contribution is 0.0506. The maximum Gasteiger partial charge on any atom is 0.408 e. The van der Waals surface area contributed by atoms with Crippen molar-refractivity contribution in [1.82, 2.24) is 5.32 Å². The average Bonchev–Trinajstić information content (AvgIpc) is 2.05.